The van der Waals surface area contributed by atoms with Crippen LogP contribution in [-0.4, -0.2) is 82.7 Å². The first kappa shape index (κ1) is 82.3. The molecule has 550 valence electrons. The van der Waals surface area contributed by atoms with E-state index in [0.717, 1.165) is 89.9 Å². The number of hydrogen-bond acceptors (Lipinski definition) is 14. The average molecular weight is 1380 g/mol. The zero-order valence-electron chi connectivity index (χ0n) is 63.3. The first-order valence-corrected chi connectivity index (χ1v) is 39.7. The summed E-state index contributed by atoms with van der Waals surface area (Å²) >= 11 is 0. The third kappa shape index (κ3) is 25.4. The summed E-state index contributed by atoms with van der Waals surface area (Å²) < 4.78 is 12.3. The van der Waals surface area contributed by atoms with Crippen molar-refractivity contribution in [1.82, 2.24) is 9.80 Å². The fraction of sp³-hybridized carbons (Fsp3) is 0.714. The molecule has 4 amide bonds. The Balaban J connectivity index is 0.995. The van der Waals surface area contributed by atoms with E-state index in [-0.39, 0.29) is 81.9 Å². The van der Waals surface area contributed by atoms with Crippen molar-refractivity contribution in [3.63, 3.8) is 0 Å². The lowest BCUT2D eigenvalue weighted by Crippen LogP contribution is -2.48. The Hall–Kier alpha value is -6.68. The lowest BCUT2D eigenvalue weighted by molar-refractivity contribution is -0.145. The minimum absolute atomic E-state index is 0.0232. The normalized spacial score (nSPS) is 22.2. The summed E-state index contributed by atoms with van der Waals surface area (Å²) in [6, 6.07) is 15.1. The van der Waals surface area contributed by atoms with Crippen LogP contribution in [0.3, 0.4) is 0 Å². The second kappa shape index (κ2) is 44.6. The van der Waals surface area contributed by atoms with Gasteiger partial charge in [-0.3, -0.25) is 29.0 Å². The Kier molecular flexibility index (Phi) is 36.7. The van der Waals surface area contributed by atoms with E-state index in [1.165, 1.54) is 138 Å². The Morgan fingerprint density at radius 3 is 1.10 bits per heavy atom. The molecule has 4 aliphatic rings. The summed E-state index contributed by atoms with van der Waals surface area (Å²) in [5.41, 5.74) is 1.30. The van der Waals surface area contributed by atoms with Gasteiger partial charge in [-0.25, -0.2) is 9.59 Å². The highest BCUT2D eigenvalue weighted by molar-refractivity contribution is 6.12. The van der Waals surface area contributed by atoms with E-state index in [1.54, 1.807) is 62.4 Å². The SMILES string of the molecule is CCCCCCCCCC(CCCCCCCCN1C(=O)C(C)=C(C#N)C(N=Nc2ccccc2C(=O)OC2CC(C)CCC2C(C)C)C1=O)C(CCCCCCCCC)CCCCCCCCN1C(=O)C(C)=C(C#N)C(N=Nc2ccccc2C(=O)OC2CC(C)CCC2C(C)C)C1=O. The molecule has 16 heteroatoms. The second-order valence-corrected chi connectivity index (χ2v) is 30.9. The Bertz CT molecular complexity index is 2930. The van der Waals surface area contributed by atoms with E-state index in [4.69, 9.17) is 9.47 Å². The van der Waals surface area contributed by atoms with E-state index in [1.807, 2.05) is 0 Å². The summed E-state index contributed by atoms with van der Waals surface area (Å²) in [4.78, 5) is 85.4. The van der Waals surface area contributed by atoms with Crippen molar-refractivity contribution in [3.05, 3.63) is 82.0 Å². The predicted octanol–water partition coefficient (Wildman–Crippen LogP) is 21.9. The van der Waals surface area contributed by atoms with Gasteiger partial charge in [0.15, 0.2) is 12.1 Å². The van der Waals surface area contributed by atoms with Crippen molar-refractivity contribution >= 4 is 46.9 Å². The van der Waals surface area contributed by atoms with Crippen LogP contribution in [0.1, 0.15) is 321 Å². The molecule has 10 atom stereocenters. The molecule has 0 radical (unpaired) electrons. The number of unbranched alkanes of at least 4 members (excludes halogenated alkanes) is 22. The van der Waals surface area contributed by atoms with Crippen LogP contribution in [0.2, 0.25) is 0 Å². The van der Waals surface area contributed by atoms with E-state index in [2.05, 4.69) is 88.0 Å². The highest BCUT2D eigenvalue weighted by Crippen LogP contribution is 2.40. The molecule has 2 aromatic rings. The molecule has 2 fully saturated rings. The van der Waals surface area contributed by atoms with E-state index >= 15 is 0 Å². The molecule has 0 aromatic heterocycles. The van der Waals surface area contributed by atoms with Crippen molar-refractivity contribution in [3.8, 4) is 12.1 Å². The number of nitrogens with zero attached hydrogens (tertiary/aromatic N) is 8. The van der Waals surface area contributed by atoms with Gasteiger partial charge in [0.05, 0.1) is 45.8 Å². The maximum atomic E-state index is 14.1. The number of amides is 4. The van der Waals surface area contributed by atoms with Crippen LogP contribution in [0, 0.1) is 70.0 Å². The van der Waals surface area contributed by atoms with Crippen LogP contribution in [0.4, 0.5) is 11.4 Å². The first-order valence-electron chi connectivity index (χ1n) is 39.7. The van der Waals surface area contributed by atoms with Gasteiger partial charge in [0, 0.05) is 24.2 Å². The fourth-order valence-corrected chi connectivity index (χ4v) is 16.1. The van der Waals surface area contributed by atoms with Crippen LogP contribution in [-0.2, 0) is 28.7 Å². The van der Waals surface area contributed by atoms with Crippen molar-refractivity contribution in [2.45, 2.75) is 325 Å². The molecule has 0 saturated heterocycles. The summed E-state index contributed by atoms with van der Waals surface area (Å²) in [6.07, 6.45) is 40.5. The summed E-state index contributed by atoms with van der Waals surface area (Å²) in [5.74, 6) is 0.491. The zero-order valence-corrected chi connectivity index (χ0v) is 63.3. The molecule has 10 unspecified atom stereocenters. The van der Waals surface area contributed by atoms with E-state index in [0.29, 0.717) is 48.3 Å². The second-order valence-electron chi connectivity index (χ2n) is 30.9. The average Bonchev–Trinajstić information content (AvgIpc) is 0.791. The molecular formula is C84H126N8O8. The molecule has 100 heavy (non-hydrogen) atoms. The van der Waals surface area contributed by atoms with Gasteiger partial charge in [-0.05, 0) is 124 Å². The number of imide groups is 2. The number of azo groups is 2. The number of nitriles is 2. The van der Waals surface area contributed by atoms with Crippen molar-refractivity contribution in [2.24, 2.45) is 67.8 Å². The molecule has 0 spiro atoms. The molecule has 6 rings (SSSR count). The quantitative estimate of drug-likeness (QED) is 0.0264. The van der Waals surface area contributed by atoms with Crippen LogP contribution in [0.5, 0.6) is 0 Å². The van der Waals surface area contributed by atoms with Gasteiger partial charge >= 0.3 is 11.9 Å². The monoisotopic (exact) mass is 1370 g/mol. The maximum absolute atomic E-state index is 14.1. The Labute approximate surface area is 602 Å². The molecule has 2 aliphatic heterocycles. The number of carbonyl (C=O) groups excluding carboxylic acids is 6. The molecule has 0 bridgehead atoms. The number of hydrogen-bond donors (Lipinski definition) is 0. The summed E-state index contributed by atoms with van der Waals surface area (Å²) in [5, 5.41) is 38.0. The van der Waals surface area contributed by atoms with Crippen LogP contribution in [0.25, 0.3) is 0 Å². The van der Waals surface area contributed by atoms with Crippen molar-refractivity contribution in [2.75, 3.05) is 13.1 Å². The van der Waals surface area contributed by atoms with Gasteiger partial charge in [0.25, 0.3) is 23.6 Å². The molecule has 2 heterocycles. The van der Waals surface area contributed by atoms with E-state index < -0.39 is 47.7 Å². The molecule has 2 aliphatic carbocycles. The highest BCUT2D eigenvalue weighted by atomic mass is 16.5. The lowest BCUT2D eigenvalue weighted by Gasteiger charge is -2.36. The molecule has 2 saturated carbocycles. The predicted molar refractivity (Wildman–Crippen MR) is 397 cm³/mol. The van der Waals surface area contributed by atoms with Gasteiger partial charge in [0.1, 0.15) is 12.2 Å². The van der Waals surface area contributed by atoms with Crippen LogP contribution < -0.4 is 0 Å². The van der Waals surface area contributed by atoms with Crippen molar-refractivity contribution in [1.29, 1.82) is 10.5 Å². The number of benzene rings is 2. The first-order chi connectivity index (χ1) is 48.3. The van der Waals surface area contributed by atoms with Crippen molar-refractivity contribution < 1.29 is 38.2 Å². The minimum atomic E-state index is -1.29. The number of esters is 2. The summed E-state index contributed by atoms with van der Waals surface area (Å²) in [7, 11) is 0. The molecule has 16 nitrogen and oxygen atoms in total. The van der Waals surface area contributed by atoms with Gasteiger partial charge < -0.3 is 9.47 Å². The summed E-state index contributed by atoms with van der Waals surface area (Å²) in [6.45, 7) is 21.2. The standard InChI is InChI=1S/C84H126N8O8/c1-11-13-15-17-19-25-31-41-65(43-33-27-21-23-29-39-53-91-79(93)63(9)71(57-85)77(81(91)95)89-87-73-47-37-35-45-69(73)83(97)99-75-55-61(7)49-51-67(75)59(3)4)66(42-32-26-20-18-16-14-12-2)44-34-28-22-24-30-40-54-92-80(94)64(10)72(58-86)78(82(92)96)90-88-74-48-38-36-46-70(74)84(98)100-76-56-62(8)50-52-68(76)60(5)6/h35-38,45-48,59-62,65-68,75-78H,11-34,39-44,49-56H2,1-10H3. The highest BCUT2D eigenvalue weighted by Gasteiger charge is 2.42. The lowest BCUT2D eigenvalue weighted by atomic mass is 9.75. The van der Waals surface area contributed by atoms with Gasteiger partial charge in [-0.15, -0.1) is 0 Å². The maximum Gasteiger partial charge on any atom is 0.340 e. The number of ether oxygens (including phenoxy) is 2. The number of carbonyl (C=O) groups is 6. The third-order valence-electron chi connectivity index (χ3n) is 22.4. The third-order valence-corrected chi connectivity index (χ3v) is 22.4. The van der Waals surface area contributed by atoms with Crippen LogP contribution in [0.15, 0.2) is 91.3 Å². The molecule has 0 N–H and O–H groups in total. The van der Waals surface area contributed by atoms with Gasteiger partial charge in [-0.2, -0.15) is 31.0 Å². The van der Waals surface area contributed by atoms with Crippen LogP contribution >= 0.6 is 0 Å². The number of rotatable bonds is 45. The molecule has 2 aromatic carbocycles. The minimum Gasteiger partial charge on any atom is -0.458 e. The zero-order chi connectivity index (χ0) is 72.3. The van der Waals surface area contributed by atoms with Gasteiger partial charge in [0.2, 0.25) is 0 Å². The molecular weight excluding hydrogens is 1250 g/mol. The smallest absolute Gasteiger partial charge is 0.340 e. The Morgan fingerprint density at radius 2 is 0.780 bits per heavy atom. The van der Waals surface area contributed by atoms with E-state index in [9.17, 15) is 39.3 Å². The fourth-order valence-electron chi connectivity index (χ4n) is 16.1. The van der Waals surface area contributed by atoms with Gasteiger partial charge in [-0.1, -0.05) is 272 Å². The Morgan fingerprint density at radius 1 is 0.470 bits per heavy atom. The topological polar surface area (TPSA) is 224 Å². The largest absolute Gasteiger partial charge is 0.458 e.